The van der Waals surface area contributed by atoms with E-state index >= 15 is 0 Å². The lowest BCUT2D eigenvalue weighted by atomic mass is 10.3. The van der Waals surface area contributed by atoms with E-state index in [0.29, 0.717) is 5.65 Å². The van der Waals surface area contributed by atoms with E-state index in [4.69, 9.17) is 0 Å². The third-order valence-electron chi connectivity index (χ3n) is 3.66. The Morgan fingerprint density at radius 2 is 1.82 bits per heavy atom. The van der Waals surface area contributed by atoms with Crippen molar-refractivity contribution in [2.75, 3.05) is 0 Å². The summed E-state index contributed by atoms with van der Waals surface area (Å²) >= 11 is 0. The highest BCUT2D eigenvalue weighted by molar-refractivity contribution is 7.90. The molecule has 0 unspecified atom stereocenters. The maximum atomic E-state index is 12.8. The largest absolute Gasteiger partial charge is 0.333 e. The Kier molecular flexibility index (Phi) is 2.61. The molecule has 0 aliphatic carbocycles. The molecule has 0 atom stereocenters. The van der Waals surface area contributed by atoms with Gasteiger partial charge in [0.05, 0.1) is 22.9 Å². The van der Waals surface area contributed by atoms with Gasteiger partial charge in [-0.05, 0) is 18.2 Å². The van der Waals surface area contributed by atoms with Gasteiger partial charge in [-0.25, -0.2) is 22.4 Å². The van der Waals surface area contributed by atoms with E-state index < -0.39 is 10.0 Å². The van der Waals surface area contributed by atoms with Crippen LogP contribution in [-0.2, 0) is 17.1 Å². The Morgan fingerprint density at radius 3 is 2.59 bits per heavy atom. The molecule has 7 heteroatoms. The highest BCUT2D eigenvalue weighted by Gasteiger charge is 2.20. The molecule has 4 rings (SSSR count). The summed E-state index contributed by atoms with van der Waals surface area (Å²) in [4.78, 5) is 8.76. The predicted molar refractivity (Wildman–Crippen MR) is 83.0 cm³/mol. The molecule has 110 valence electrons. The van der Waals surface area contributed by atoms with Gasteiger partial charge in [-0.3, -0.25) is 0 Å². The second-order valence-corrected chi connectivity index (χ2v) is 6.83. The van der Waals surface area contributed by atoms with Gasteiger partial charge in [0.25, 0.3) is 10.0 Å². The molecule has 0 spiro atoms. The quantitative estimate of drug-likeness (QED) is 0.569. The highest BCUT2D eigenvalue weighted by Crippen LogP contribution is 2.26. The Bertz CT molecular complexity index is 1090. The van der Waals surface area contributed by atoms with Gasteiger partial charge in [-0.2, -0.15) is 0 Å². The van der Waals surface area contributed by atoms with Gasteiger partial charge in [0.15, 0.2) is 5.65 Å². The van der Waals surface area contributed by atoms with Gasteiger partial charge in [0, 0.05) is 18.6 Å². The van der Waals surface area contributed by atoms with Crippen LogP contribution in [0.5, 0.6) is 0 Å². The van der Waals surface area contributed by atoms with E-state index in [2.05, 4.69) is 9.97 Å². The fourth-order valence-corrected chi connectivity index (χ4v) is 3.93. The normalized spacial score (nSPS) is 12.2. The van der Waals surface area contributed by atoms with Gasteiger partial charge in [-0.1, -0.05) is 18.2 Å². The van der Waals surface area contributed by atoms with E-state index in [1.807, 2.05) is 11.6 Å². The fourth-order valence-electron chi connectivity index (χ4n) is 2.61. The van der Waals surface area contributed by atoms with Gasteiger partial charge >= 0.3 is 0 Å². The topological polar surface area (TPSA) is 69.8 Å². The average Bonchev–Trinajstić information content (AvgIpc) is 3.12. The van der Waals surface area contributed by atoms with Crippen LogP contribution in [0.15, 0.2) is 60.0 Å². The third-order valence-corrected chi connectivity index (χ3v) is 5.34. The molecule has 3 aromatic heterocycles. The number of nitrogens with zero attached hydrogens (tertiary/aromatic N) is 4. The van der Waals surface area contributed by atoms with Crippen LogP contribution in [0.3, 0.4) is 0 Å². The van der Waals surface area contributed by atoms with Gasteiger partial charge in [0.1, 0.15) is 5.52 Å². The average molecular weight is 312 g/mol. The summed E-state index contributed by atoms with van der Waals surface area (Å²) in [6.07, 6.45) is 4.82. The van der Waals surface area contributed by atoms with Crippen LogP contribution in [0.2, 0.25) is 0 Å². The molecule has 3 heterocycles. The predicted octanol–water partition coefficient (Wildman–Crippen LogP) is 2.16. The molecule has 6 nitrogen and oxygen atoms in total. The SMILES string of the molecule is Cn1cnc2cnc3c(ccn3S(=O)(=O)c3ccccc3)c21. The zero-order valence-corrected chi connectivity index (χ0v) is 12.5. The zero-order chi connectivity index (χ0) is 15.3. The summed E-state index contributed by atoms with van der Waals surface area (Å²) in [5.74, 6) is 0. The Labute approximate surface area is 126 Å². The smallest absolute Gasteiger partial charge is 0.269 e. The molecule has 4 aromatic rings. The van der Waals surface area contributed by atoms with E-state index in [1.165, 1.54) is 10.2 Å². The van der Waals surface area contributed by atoms with E-state index in [0.717, 1.165) is 16.4 Å². The first kappa shape index (κ1) is 13.0. The van der Waals surface area contributed by atoms with Crippen molar-refractivity contribution < 1.29 is 8.42 Å². The standard InChI is InChI=1S/C15H12N4O2S/c1-18-10-17-13-9-16-15-12(14(13)18)7-8-19(15)22(20,21)11-5-3-2-4-6-11/h2-10H,1H3. The van der Waals surface area contributed by atoms with Crippen molar-refractivity contribution in [3.63, 3.8) is 0 Å². The van der Waals surface area contributed by atoms with Crippen molar-refractivity contribution in [2.24, 2.45) is 7.05 Å². The molecule has 0 amide bonds. The molecule has 0 bridgehead atoms. The van der Waals surface area contributed by atoms with Crippen LogP contribution in [0.4, 0.5) is 0 Å². The van der Waals surface area contributed by atoms with Gasteiger partial charge in [0.2, 0.25) is 0 Å². The summed E-state index contributed by atoms with van der Waals surface area (Å²) in [6.45, 7) is 0. The molecule has 0 fully saturated rings. The molecule has 0 N–H and O–H groups in total. The van der Waals surface area contributed by atoms with Crippen LogP contribution in [0.25, 0.3) is 22.1 Å². The lowest BCUT2D eigenvalue weighted by molar-refractivity contribution is 0.589. The number of benzene rings is 1. The third kappa shape index (κ3) is 1.69. The maximum Gasteiger partial charge on any atom is 0.269 e. The number of pyridine rings is 1. The van der Waals surface area contributed by atoms with Crippen molar-refractivity contribution in [1.82, 2.24) is 18.5 Å². The van der Waals surface area contributed by atoms with Crippen LogP contribution in [-0.4, -0.2) is 26.9 Å². The van der Waals surface area contributed by atoms with Crippen molar-refractivity contribution in [2.45, 2.75) is 4.90 Å². The molecular weight excluding hydrogens is 300 g/mol. The number of fused-ring (bicyclic) bond motifs is 3. The van der Waals surface area contributed by atoms with Gasteiger partial charge in [-0.15, -0.1) is 0 Å². The van der Waals surface area contributed by atoms with Crippen molar-refractivity contribution >= 4 is 32.1 Å². The summed E-state index contributed by atoms with van der Waals surface area (Å²) in [5.41, 5.74) is 2.01. The fraction of sp³-hybridized carbons (Fsp3) is 0.0667. The summed E-state index contributed by atoms with van der Waals surface area (Å²) < 4.78 is 28.6. The molecule has 0 aliphatic heterocycles. The zero-order valence-electron chi connectivity index (χ0n) is 11.7. The number of hydrogen-bond donors (Lipinski definition) is 0. The Morgan fingerprint density at radius 1 is 1.05 bits per heavy atom. The van der Waals surface area contributed by atoms with Crippen molar-refractivity contribution in [1.29, 1.82) is 0 Å². The van der Waals surface area contributed by atoms with Crippen LogP contribution in [0, 0.1) is 0 Å². The first-order chi connectivity index (χ1) is 10.6. The molecule has 1 aromatic carbocycles. The second kappa shape index (κ2) is 4.41. The van der Waals surface area contributed by atoms with E-state index in [9.17, 15) is 8.42 Å². The molecular formula is C15H12N4O2S. The minimum absolute atomic E-state index is 0.236. The van der Waals surface area contributed by atoms with Crippen LogP contribution < -0.4 is 0 Å². The lowest BCUT2D eigenvalue weighted by Gasteiger charge is -2.06. The first-order valence-corrected chi connectivity index (χ1v) is 8.11. The van der Waals surface area contributed by atoms with Crippen molar-refractivity contribution in [3.8, 4) is 0 Å². The number of hydrogen-bond acceptors (Lipinski definition) is 4. The maximum absolute atomic E-state index is 12.8. The second-order valence-electron chi connectivity index (χ2n) is 5.01. The van der Waals surface area contributed by atoms with Gasteiger partial charge < -0.3 is 4.57 Å². The Balaban J connectivity index is 2.05. The molecule has 0 saturated heterocycles. The minimum atomic E-state index is -3.66. The Hall–Kier alpha value is -2.67. The number of rotatable bonds is 2. The molecule has 0 radical (unpaired) electrons. The molecule has 22 heavy (non-hydrogen) atoms. The molecule has 0 aliphatic rings. The molecule has 0 saturated carbocycles. The number of aromatic nitrogens is 4. The van der Waals surface area contributed by atoms with Crippen molar-refractivity contribution in [3.05, 3.63) is 55.1 Å². The summed E-state index contributed by atoms with van der Waals surface area (Å²) in [5, 5.41) is 0.761. The summed E-state index contributed by atoms with van der Waals surface area (Å²) in [7, 11) is -1.79. The monoisotopic (exact) mass is 312 g/mol. The summed E-state index contributed by atoms with van der Waals surface area (Å²) in [6, 6.07) is 10.1. The highest BCUT2D eigenvalue weighted by atomic mass is 32.2. The minimum Gasteiger partial charge on any atom is -0.333 e. The van der Waals surface area contributed by atoms with E-state index in [-0.39, 0.29) is 4.90 Å². The lowest BCUT2D eigenvalue weighted by Crippen LogP contribution is -2.12. The van der Waals surface area contributed by atoms with Crippen LogP contribution >= 0.6 is 0 Å². The first-order valence-electron chi connectivity index (χ1n) is 6.67. The van der Waals surface area contributed by atoms with Crippen LogP contribution in [0.1, 0.15) is 0 Å². The van der Waals surface area contributed by atoms with E-state index in [1.54, 1.807) is 48.9 Å². The number of aryl methyl sites for hydroxylation is 1. The number of imidazole rings is 1.